The Morgan fingerprint density at radius 1 is 0.569 bits per heavy atom. The van der Waals surface area contributed by atoms with E-state index in [1.54, 1.807) is 39.8 Å². The maximum Gasteiger partial charge on any atom is 0.307 e. The summed E-state index contributed by atoms with van der Waals surface area (Å²) < 4.78 is 0. The van der Waals surface area contributed by atoms with Gasteiger partial charge in [0.25, 0.3) is 0 Å². The lowest BCUT2D eigenvalue weighted by molar-refractivity contribution is -0.146. The smallest absolute Gasteiger partial charge is 0.307 e. The molecular weight excluding hydrogens is 737 g/mol. The predicted molar refractivity (Wildman–Crippen MR) is 225 cm³/mol. The molecule has 3 aromatic carbocycles. The first kappa shape index (κ1) is 46.4. The monoisotopic (exact) mass is 792 g/mol. The molecule has 0 saturated heterocycles. The second kappa shape index (κ2) is 22.7. The van der Waals surface area contributed by atoms with Crippen LogP contribution in [0.25, 0.3) is 24.3 Å². The Labute approximate surface area is 341 Å². The largest absolute Gasteiger partial charge is 0.481 e. The normalized spacial score (nSPS) is 13.6. The molecule has 0 aromatic heterocycles. The molecule has 3 rings (SSSR count). The highest BCUT2D eigenvalue weighted by Crippen LogP contribution is 2.21. The molecule has 0 aliphatic heterocycles. The van der Waals surface area contributed by atoms with E-state index < -0.39 is 65.7 Å². The van der Waals surface area contributed by atoms with Gasteiger partial charge < -0.3 is 20.8 Å². The Bertz CT molecular complexity index is 1960. The summed E-state index contributed by atoms with van der Waals surface area (Å²) in [6.45, 7) is 10.3. The SMILES string of the molecule is Cc1ccc(/C=C/c2ccc(/C=C/c3ccc(C(=O)CCC(=O)N[C@@H](C)C(=O)C[C@H](C(=O)N[C@@H](CCC(=O)O)C(=O)C[C@H](C(=O)O)C(C)C)C(C)C)cc3)cc2)cc1. The number of Topliss-reactive ketones (excluding diaryl/α,β-unsaturated/α-hetero) is 3. The molecule has 0 heterocycles. The van der Waals surface area contributed by atoms with E-state index in [9.17, 15) is 43.8 Å². The standard InChI is InChI=1S/C47H56N2O9/c1-29(2)38(46(56)49-40(23-26-45(54)55)43(52)28-39(30(3)4)47(57)58)27-42(51)32(6)48-44(53)25-24-41(50)37-21-19-36(20-22-37)18-17-35-15-13-34(14-16-35)12-11-33-9-7-31(5)8-10-33/h7-22,29-30,32,38-40H,23-28H2,1-6H3,(H,48,53)(H,49,56)(H,54,55)(H,57,58)/b12-11+,18-17+/t32-,38-,39-,40-/m0/s1. The molecule has 11 heteroatoms. The van der Waals surface area contributed by atoms with Crippen molar-refractivity contribution < 1.29 is 43.8 Å². The summed E-state index contributed by atoms with van der Waals surface area (Å²) in [4.78, 5) is 88.2. The van der Waals surface area contributed by atoms with Crippen molar-refractivity contribution in [2.45, 2.75) is 92.2 Å². The Kier molecular flexibility index (Phi) is 18.2. The van der Waals surface area contributed by atoms with Gasteiger partial charge in [-0.3, -0.25) is 33.6 Å². The molecule has 0 aliphatic rings. The van der Waals surface area contributed by atoms with Gasteiger partial charge in [-0.05, 0) is 54.4 Å². The summed E-state index contributed by atoms with van der Waals surface area (Å²) >= 11 is 0. The molecule has 0 spiro atoms. The molecular formula is C47H56N2O9. The van der Waals surface area contributed by atoms with Crippen molar-refractivity contribution >= 4 is 65.4 Å². The average molecular weight is 793 g/mol. The van der Waals surface area contributed by atoms with Crippen LogP contribution < -0.4 is 10.6 Å². The second-order valence-electron chi connectivity index (χ2n) is 15.5. The number of aryl methyl sites for hydroxylation is 1. The molecule has 0 radical (unpaired) electrons. The van der Waals surface area contributed by atoms with Gasteiger partial charge in [0.1, 0.15) is 0 Å². The molecule has 0 saturated carbocycles. The van der Waals surface area contributed by atoms with Crippen LogP contribution in [0.2, 0.25) is 0 Å². The summed E-state index contributed by atoms with van der Waals surface area (Å²) in [7, 11) is 0. The maximum absolute atomic E-state index is 13.4. The number of aliphatic carboxylic acids is 2. The fourth-order valence-electron chi connectivity index (χ4n) is 6.18. The van der Waals surface area contributed by atoms with E-state index in [4.69, 9.17) is 0 Å². The zero-order valence-corrected chi connectivity index (χ0v) is 34.2. The van der Waals surface area contributed by atoms with Crippen LogP contribution in [0.15, 0.2) is 72.8 Å². The number of rotatable bonds is 23. The number of hydrogen-bond acceptors (Lipinski definition) is 7. The van der Waals surface area contributed by atoms with Crippen molar-refractivity contribution in [2.75, 3.05) is 0 Å². The molecule has 0 unspecified atom stereocenters. The second-order valence-corrected chi connectivity index (χ2v) is 15.5. The Morgan fingerprint density at radius 2 is 1.02 bits per heavy atom. The number of ketones is 3. The summed E-state index contributed by atoms with van der Waals surface area (Å²) in [5.41, 5.74) is 5.82. The van der Waals surface area contributed by atoms with E-state index in [0.717, 1.165) is 22.3 Å². The number of amides is 2. The van der Waals surface area contributed by atoms with Gasteiger partial charge in [-0.1, -0.05) is 130 Å². The summed E-state index contributed by atoms with van der Waals surface area (Å²) in [6, 6.07) is 21.3. The van der Waals surface area contributed by atoms with Crippen LogP contribution in [0.4, 0.5) is 0 Å². The highest BCUT2D eigenvalue weighted by molar-refractivity contribution is 5.99. The summed E-state index contributed by atoms with van der Waals surface area (Å²) in [5.74, 6) is -7.45. The third kappa shape index (κ3) is 15.5. The highest BCUT2D eigenvalue weighted by Gasteiger charge is 2.33. The Balaban J connectivity index is 1.50. The van der Waals surface area contributed by atoms with Crippen LogP contribution in [-0.4, -0.2) is 63.4 Å². The fourth-order valence-corrected chi connectivity index (χ4v) is 6.18. The fraction of sp³-hybridized carbons (Fsp3) is 0.383. The van der Waals surface area contributed by atoms with Gasteiger partial charge in [-0.2, -0.15) is 0 Å². The molecule has 4 N–H and O–H groups in total. The van der Waals surface area contributed by atoms with Crippen molar-refractivity contribution in [1.82, 2.24) is 10.6 Å². The number of carbonyl (C=O) groups is 7. The minimum atomic E-state index is -1.25. The van der Waals surface area contributed by atoms with Crippen LogP contribution in [-0.2, 0) is 28.8 Å². The molecule has 3 aromatic rings. The Morgan fingerprint density at radius 3 is 1.47 bits per heavy atom. The molecule has 2 amide bonds. The van der Waals surface area contributed by atoms with Crippen LogP contribution in [0.3, 0.4) is 0 Å². The number of carboxylic acid groups (broad SMARTS) is 2. The lowest BCUT2D eigenvalue weighted by Crippen LogP contribution is -2.47. The van der Waals surface area contributed by atoms with Crippen LogP contribution in [0.5, 0.6) is 0 Å². The van der Waals surface area contributed by atoms with E-state index in [0.29, 0.717) is 5.56 Å². The first-order valence-corrected chi connectivity index (χ1v) is 19.7. The van der Waals surface area contributed by atoms with Crippen LogP contribution in [0.1, 0.15) is 111 Å². The van der Waals surface area contributed by atoms with Crippen molar-refractivity contribution in [3.05, 3.63) is 106 Å². The molecule has 11 nitrogen and oxygen atoms in total. The van der Waals surface area contributed by atoms with Crippen molar-refractivity contribution in [3.63, 3.8) is 0 Å². The van der Waals surface area contributed by atoms with Gasteiger partial charge in [-0.25, -0.2) is 0 Å². The van der Waals surface area contributed by atoms with Crippen molar-refractivity contribution in [1.29, 1.82) is 0 Å². The van der Waals surface area contributed by atoms with Crippen LogP contribution in [0, 0.1) is 30.6 Å². The average Bonchev–Trinajstić information content (AvgIpc) is 3.18. The number of benzene rings is 3. The summed E-state index contributed by atoms with van der Waals surface area (Å²) in [5, 5.41) is 23.9. The highest BCUT2D eigenvalue weighted by atomic mass is 16.4. The van der Waals surface area contributed by atoms with Gasteiger partial charge in [0, 0.05) is 43.6 Å². The lowest BCUT2D eigenvalue weighted by atomic mass is 9.86. The van der Waals surface area contributed by atoms with Gasteiger partial charge in [0.2, 0.25) is 11.8 Å². The van der Waals surface area contributed by atoms with E-state index in [1.165, 1.54) is 12.5 Å². The quantitative estimate of drug-likeness (QED) is 0.0552. The molecule has 58 heavy (non-hydrogen) atoms. The molecule has 308 valence electrons. The van der Waals surface area contributed by atoms with Crippen LogP contribution >= 0.6 is 0 Å². The predicted octanol–water partition coefficient (Wildman–Crippen LogP) is 7.70. The maximum atomic E-state index is 13.4. The molecule has 4 atom stereocenters. The number of nitrogens with one attached hydrogen (secondary N) is 2. The molecule has 0 fully saturated rings. The van der Waals surface area contributed by atoms with Gasteiger partial charge >= 0.3 is 11.9 Å². The molecule has 0 aliphatic carbocycles. The van der Waals surface area contributed by atoms with Crippen molar-refractivity contribution in [3.8, 4) is 0 Å². The number of carbonyl (C=O) groups excluding carboxylic acids is 5. The van der Waals surface area contributed by atoms with E-state index in [1.807, 2.05) is 48.6 Å². The third-order valence-corrected chi connectivity index (χ3v) is 10.1. The first-order chi connectivity index (χ1) is 27.4. The minimum absolute atomic E-state index is 0.0744. The van der Waals surface area contributed by atoms with Gasteiger partial charge in [-0.15, -0.1) is 0 Å². The third-order valence-electron chi connectivity index (χ3n) is 10.1. The van der Waals surface area contributed by atoms with E-state index in [-0.39, 0.29) is 49.7 Å². The lowest BCUT2D eigenvalue weighted by Gasteiger charge is -2.26. The minimum Gasteiger partial charge on any atom is -0.481 e. The zero-order chi connectivity index (χ0) is 42.9. The van der Waals surface area contributed by atoms with E-state index >= 15 is 0 Å². The zero-order valence-electron chi connectivity index (χ0n) is 34.2. The Hall–Kier alpha value is -5.97. The molecule has 0 bridgehead atoms. The summed E-state index contributed by atoms with van der Waals surface area (Å²) in [6.07, 6.45) is 6.53. The van der Waals surface area contributed by atoms with Crippen molar-refractivity contribution in [2.24, 2.45) is 23.7 Å². The van der Waals surface area contributed by atoms with Gasteiger partial charge in [0.05, 0.1) is 18.0 Å². The first-order valence-electron chi connectivity index (χ1n) is 19.7. The number of hydrogen-bond donors (Lipinski definition) is 4. The van der Waals surface area contributed by atoms with E-state index in [2.05, 4.69) is 54.0 Å². The number of carboxylic acids is 2. The van der Waals surface area contributed by atoms with Gasteiger partial charge in [0.15, 0.2) is 17.3 Å². The topological polar surface area (TPSA) is 184 Å².